The van der Waals surface area contributed by atoms with Gasteiger partial charge in [-0.2, -0.15) is 4.98 Å². The molecule has 0 bridgehead atoms. The molecule has 1 amide bonds. The van der Waals surface area contributed by atoms with Crippen molar-refractivity contribution in [3.8, 4) is 0 Å². The fourth-order valence-corrected chi connectivity index (χ4v) is 1.66. The van der Waals surface area contributed by atoms with Crippen LogP contribution in [-0.4, -0.2) is 32.0 Å². The number of halogens is 1. The Balaban J connectivity index is 2.32. The number of hydrogen-bond donors (Lipinski definition) is 1. The number of nitrogens with one attached hydrogen (secondary N) is 1. The van der Waals surface area contributed by atoms with E-state index in [1.54, 1.807) is 4.52 Å². The van der Waals surface area contributed by atoms with E-state index in [1.165, 1.54) is 0 Å². The number of rotatable bonds is 3. The van der Waals surface area contributed by atoms with Crippen LogP contribution in [0.15, 0.2) is 17.1 Å². The summed E-state index contributed by atoms with van der Waals surface area (Å²) in [5.41, 5.74) is 1.72. The van der Waals surface area contributed by atoms with Gasteiger partial charge in [0.25, 0.3) is 11.7 Å². The maximum atomic E-state index is 11.8. The topological polar surface area (TPSA) is 72.2 Å². The molecule has 0 unspecified atom stereocenters. The molecule has 2 heterocycles. The van der Waals surface area contributed by atoms with E-state index in [4.69, 9.17) is 0 Å². The lowest BCUT2D eigenvalue weighted by Gasteiger charge is -1.99. The normalized spacial score (nSPS) is 10.6. The van der Waals surface area contributed by atoms with E-state index in [0.717, 1.165) is 11.4 Å². The molecule has 2 rings (SSSR count). The molecule has 0 radical (unpaired) electrons. The Morgan fingerprint density at radius 3 is 2.89 bits per heavy atom. The van der Waals surface area contributed by atoms with Gasteiger partial charge >= 0.3 is 0 Å². The first-order valence-electron chi connectivity index (χ1n) is 5.30. The molecule has 0 aliphatic carbocycles. The van der Waals surface area contributed by atoms with Gasteiger partial charge in [-0.25, -0.2) is 9.50 Å². The zero-order valence-electron chi connectivity index (χ0n) is 10.1. The van der Waals surface area contributed by atoms with Crippen LogP contribution < -0.4 is 5.32 Å². The Kier molecular flexibility index (Phi) is 3.42. The zero-order chi connectivity index (χ0) is 13.3. The van der Waals surface area contributed by atoms with Gasteiger partial charge in [-0.1, -0.05) is 22.5 Å². The van der Waals surface area contributed by atoms with Crippen LogP contribution in [0.1, 0.15) is 22.0 Å². The van der Waals surface area contributed by atoms with Crippen molar-refractivity contribution in [2.45, 2.75) is 13.8 Å². The first kappa shape index (κ1) is 12.7. The lowest BCUT2D eigenvalue weighted by atomic mass is 10.4. The summed E-state index contributed by atoms with van der Waals surface area (Å²) in [7, 11) is 0. The first-order valence-corrected chi connectivity index (χ1v) is 6.09. The van der Waals surface area contributed by atoms with Crippen LogP contribution in [0.25, 0.3) is 5.78 Å². The third-order valence-corrected chi connectivity index (χ3v) is 2.54. The van der Waals surface area contributed by atoms with Crippen LogP contribution in [0.3, 0.4) is 0 Å². The number of aryl methyl sites for hydroxylation is 2. The Morgan fingerprint density at radius 1 is 1.50 bits per heavy atom. The molecule has 0 fully saturated rings. The number of carbonyl (C=O) groups excluding carboxylic acids is 1. The van der Waals surface area contributed by atoms with Crippen molar-refractivity contribution in [2.75, 3.05) is 6.54 Å². The molecule has 0 saturated heterocycles. The average Bonchev–Trinajstić information content (AvgIpc) is 2.69. The van der Waals surface area contributed by atoms with Crippen molar-refractivity contribution in [2.24, 2.45) is 0 Å². The molecule has 18 heavy (non-hydrogen) atoms. The van der Waals surface area contributed by atoms with E-state index >= 15 is 0 Å². The molecular weight excluding hydrogens is 298 g/mol. The van der Waals surface area contributed by atoms with Gasteiger partial charge in [-0.15, -0.1) is 5.10 Å². The van der Waals surface area contributed by atoms with Gasteiger partial charge in [0.05, 0.1) is 0 Å². The third-order valence-electron chi connectivity index (χ3n) is 2.26. The summed E-state index contributed by atoms with van der Waals surface area (Å²) < 4.78 is 2.23. The van der Waals surface area contributed by atoms with E-state index < -0.39 is 0 Å². The summed E-state index contributed by atoms with van der Waals surface area (Å²) in [6, 6.07) is 1.88. The van der Waals surface area contributed by atoms with Crippen molar-refractivity contribution in [3.63, 3.8) is 0 Å². The summed E-state index contributed by atoms with van der Waals surface area (Å²) in [4.78, 5) is 20.1. The van der Waals surface area contributed by atoms with Crippen molar-refractivity contribution >= 4 is 27.6 Å². The molecule has 2 aromatic rings. The van der Waals surface area contributed by atoms with Gasteiger partial charge in [-0.3, -0.25) is 4.79 Å². The monoisotopic (exact) mass is 309 g/mol. The number of amides is 1. The Bertz CT molecular complexity index is 634. The van der Waals surface area contributed by atoms with Crippen LogP contribution in [0, 0.1) is 13.8 Å². The number of carbonyl (C=O) groups is 1. The van der Waals surface area contributed by atoms with E-state index in [0.29, 0.717) is 16.8 Å². The van der Waals surface area contributed by atoms with Gasteiger partial charge in [0.1, 0.15) is 0 Å². The molecule has 94 valence electrons. The van der Waals surface area contributed by atoms with Crippen LogP contribution in [0.5, 0.6) is 0 Å². The average molecular weight is 310 g/mol. The van der Waals surface area contributed by atoms with E-state index in [9.17, 15) is 4.79 Å². The van der Waals surface area contributed by atoms with Crippen molar-refractivity contribution in [1.82, 2.24) is 24.9 Å². The molecule has 0 aliphatic heterocycles. The smallest absolute Gasteiger partial charge is 0.291 e. The Labute approximate surface area is 112 Å². The highest BCUT2D eigenvalue weighted by atomic mass is 79.9. The molecule has 0 aliphatic rings. The SMILES string of the molecule is C=C(Br)CNC(=O)c1nc2nc(C)cc(C)n2n1. The van der Waals surface area contributed by atoms with Gasteiger partial charge in [-0.05, 0) is 19.9 Å². The van der Waals surface area contributed by atoms with Gasteiger partial charge in [0, 0.05) is 22.4 Å². The largest absolute Gasteiger partial charge is 0.345 e. The maximum Gasteiger partial charge on any atom is 0.291 e. The molecule has 0 spiro atoms. The molecule has 0 saturated carbocycles. The third kappa shape index (κ3) is 2.56. The second-order valence-electron chi connectivity index (χ2n) is 3.89. The van der Waals surface area contributed by atoms with E-state index in [1.807, 2.05) is 19.9 Å². The maximum absolute atomic E-state index is 11.8. The van der Waals surface area contributed by atoms with Gasteiger partial charge in [0.15, 0.2) is 0 Å². The zero-order valence-corrected chi connectivity index (χ0v) is 11.7. The van der Waals surface area contributed by atoms with Crippen LogP contribution >= 0.6 is 15.9 Å². The fourth-order valence-electron chi connectivity index (χ4n) is 1.52. The molecule has 1 N–H and O–H groups in total. The lowest BCUT2D eigenvalue weighted by molar-refractivity contribution is 0.0947. The van der Waals surface area contributed by atoms with Crippen molar-refractivity contribution in [3.05, 3.63) is 34.3 Å². The van der Waals surface area contributed by atoms with Crippen molar-refractivity contribution < 1.29 is 4.79 Å². The quantitative estimate of drug-likeness (QED) is 0.929. The summed E-state index contributed by atoms with van der Waals surface area (Å²) in [6.45, 7) is 7.72. The summed E-state index contributed by atoms with van der Waals surface area (Å²) >= 11 is 3.16. The molecule has 0 aromatic carbocycles. The molecule has 7 heteroatoms. The first-order chi connectivity index (χ1) is 8.47. The van der Waals surface area contributed by atoms with Crippen LogP contribution in [0.2, 0.25) is 0 Å². The van der Waals surface area contributed by atoms with E-state index in [2.05, 4.69) is 42.9 Å². The fraction of sp³-hybridized carbons (Fsp3) is 0.273. The standard InChI is InChI=1S/C11H12BrN5O/c1-6(12)5-13-10(18)9-15-11-14-7(2)4-8(3)17(11)16-9/h4H,1,5H2,2-3H3,(H,13,18). The highest BCUT2D eigenvalue weighted by molar-refractivity contribution is 9.11. The Hall–Kier alpha value is -1.76. The predicted molar refractivity (Wildman–Crippen MR) is 70.7 cm³/mol. The minimum atomic E-state index is -0.349. The van der Waals surface area contributed by atoms with Gasteiger partial charge < -0.3 is 5.32 Å². The second kappa shape index (κ2) is 4.85. The second-order valence-corrected chi connectivity index (χ2v) is 5.01. The molecule has 2 aromatic heterocycles. The van der Waals surface area contributed by atoms with Crippen molar-refractivity contribution in [1.29, 1.82) is 0 Å². The lowest BCUT2D eigenvalue weighted by Crippen LogP contribution is -2.25. The molecule has 6 nitrogen and oxygen atoms in total. The minimum Gasteiger partial charge on any atom is -0.345 e. The molecular formula is C11H12BrN5O. The van der Waals surface area contributed by atoms with Crippen LogP contribution in [0.4, 0.5) is 0 Å². The number of fused-ring (bicyclic) bond motifs is 1. The highest BCUT2D eigenvalue weighted by Gasteiger charge is 2.14. The predicted octanol–water partition coefficient (Wildman–Crippen LogP) is 1.38. The minimum absolute atomic E-state index is 0.102. The Morgan fingerprint density at radius 2 is 2.22 bits per heavy atom. The number of nitrogens with zero attached hydrogens (tertiary/aromatic N) is 4. The van der Waals surface area contributed by atoms with Gasteiger partial charge in [0.2, 0.25) is 5.82 Å². The highest BCUT2D eigenvalue weighted by Crippen LogP contribution is 2.05. The summed E-state index contributed by atoms with van der Waals surface area (Å²) in [5, 5.41) is 6.76. The van der Waals surface area contributed by atoms with E-state index in [-0.39, 0.29) is 11.7 Å². The summed E-state index contributed by atoms with van der Waals surface area (Å²) in [6.07, 6.45) is 0. The summed E-state index contributed by atoms with van der Waals surface area (Å²) in [5.74, 6) is 0.179. The number of aromatic nitrogens is 4. The molecule has 0 atom stereocenters. The van der Waals surface area contributed by atoms with Crippen LogP contribution in [-0.2, 0) is 0 Å². The number of hydrogen-bond acceptors (Lipinski definition) is 4.